The molecule has 7 nitrogen and oxygen atoms in total. The Bertz CT molecular complexity index is 723. The smallest absolute Gasteiger partial charge is 0.293 e. The van der Waals surface area contributed by atoms with Crippen LogP contribution in [0.15, 0.2) is 24.5 Å². The first kappa shape index (κ1) is 13.3. The third kappa shape index (κ3) is 2.37. The number of carbonyl (C=O) groups excluding carboxylic acids is 1. The minimum atomic E-state index is -0.440. The van der Waals surface area contributed by atoms with Crippen molar-refractivity contribution in [2.24, 2.45) is 0 Å². The number of aromatic nitrogens is 2. The van der Waals surface area contributed by atoms with E-state index in [1.54, 1.807) is 18.5 Å². The fourth-order valence-electron chi connectivity index (χ4n) is 2.57. The number of carbonyl (C=O) groups is 1. The number of nitrogens with one attached hydrogen (secondary N) is 1. The number of nitro groups is 1. The van der Waals surface area contributed by atoms with Crippen LogP contribution in [-0.4, -0.2) is 27.2 Å². The van der Waals surface area contributed by atoms with Crippen LogP contribution in [0.3, 0.4) is 0 Å². The van der Waals surface area contributed by atoms with E-state index in [-0.39, 0.29) is 11.5 Å². The Balaban J connectivity index is 1.99. The molecule has 1 N–H and O–H groups in total. The SMILES string of the molecule is CC(=O)c1ccc(N2CCc3nc[nH]c3C2)c([N+](=O)[O-])c1. The van der Waals surface area contributed by atoms with Gasteiger partial charge in [0, 0.05) is 24.6 Å². The molecule has 0 unspecified atom stereocenters. The second-order valence-electron chi connectivity index (χ2n) is 5.02. The molecular weight excluding hydrogens is 272 g/mol. The molecular formula is C14H14N4O3. The van der Waals surface area contributed by atoms with E-state index >= 15 is 0 Å². The van der Waals surface area contributed by atoms with E-state index in [1.807, 2.05) is 4.90 Å². The highest BCUT2D eigenvalue weighted by molar-refractivity contribution is 5.95. The van der Waals surface area contributed by atoms with Gasteiger partial charge in [0.1, 0.15) is 5.69 Å². The highest BCUT2D eigenvalue weighted by Gasteiger charge is 2.25. The molecule has 3 rings (SSSR count). The number of imidazole rings is 1. The maximum absolute atomic E-state index is 11.4. The zero-order valence-electron chi connectivity index (χ0n) is 11.5. The van der Waals surface area contributed by atoms with E-state index in [0.717, 1.165) is 17.8 Å². The lowest BCUT2D eigenvalue weighted by molar-refractivity contribution is -0.384. The van der Waals surface area contributed by atoms with E-state index in [0.29, 0.717) is 24.3 Å². The maximum atomic E-state index is 11.4. The Morgan fingerprint density at radius 2 is 2.29 bits per heavy atom. The van der Waals surface area contributed by atoms with Crippen molar-refractivity contribution in [3.05, 3.63) is 51.6 Å². The number of nitrogens with zero attached hydrogens (tertiary/aromatic N) is 3. The molecule has 7 heteroatoms. The van der Waals surface area contributed by atoms with Gasteiger partial charge in [0.25, 0.3) is 5.69 Å². The second-order valence-corrected chi connectivity index (χ2v) is 5.02. The van der Waals surface area contributed by atoms with Crippen LogP contribution in [0.25, 0.3) is 0 Å². The number of benzene rings is 1. The van der Waals surface area contributed by atoms with Gasteiger partial charge in [-0.3, -0.25) is 14.9 Å². The third-order valence-electron chi connectivity index (χ3n) is 3.69. The number of anilines is 1. The Kier molecular flexibility index (Phi) is 3.17. The van der Waals surface area contributed by atoms with Crippen LogP contribution in [0.2, 0.25) is 0 Å². The van der Waals surface area contributed by atoms with Crippen molar-refractivity contribution < 1.29 is 9.72 Å². The molecule has 1 aromatic carbocycles. The molecule has 0 aliphatic carbocycles. The monoisotopic (exact) mass is 286 g/mol. The minimum absolute atomic E-state index is 0.0364. The summed E-state index contributed by atoms with van der Waals surface area (Å²) in [7, 11) is 0. The minimum Gasteiger partial charge on any atom is -0.360 e. The molecule has 0 bridgehead atoms. The second kappa shape index (κ2) is 5.01. The van der Waals surface area contributed by atoms with E-state index < -0.39 is 4.92 Å². The van der Waals surface area contributed by atoms with E-state index in [9.17, 15) is 14.9 Å². The number of hydrogen-bond acceptors (Lipinski definition) is 5. The number of hydrogen-bond donors (Lipinski definition) is 1. The van der Waals surface area contributed by atoms with Crippen molar-refractivity contribution in [3.8, 4) is 0 Å². The molecule has 0 saturated carbocycles. The fourth-order valence-corrected chi connectivity index (χ4v) is 2.57. The first-order valence-electron chi connectivity index (χ1n) is 6.61. The maximum Gasteiger partial charge on any atom is 0.293 e. The molecule has 1 aromatic heterocycles. The molecule has 1 aliphatic heterocycles. The molecule has 108 valence electrons. The van der Waals surface area contributed by atoms with Gasteiger partial charge in [0.15, 0.2) is 5.78 Å². The molecule has 0 atom stereocenters. The first-order valence-corrected chi connectivity index (χ1v) is 6.61. The molecule has 2 heterocycles. The Hall–Kier alpha value is -2.70. The molecule has 2 aromatic rings. The van der Waals surface area contributed by atoms with Crippen molar-refractivity contribution in [1.82, 2.24) is 9.97 Å². The number of H-pyrrole nitrogens is 1. The molecule has 0 amide bonds. The van der Waals surface area contributed by atoms with Crippen LogP contribution in [0.4, 0.5) is 11.4 Å². The highest BCUT2D eigenvalue weighted by Crippen LogP contribution is 2.32. The van der Waals surface area contributed by atoms with E-state index in [2.05, 4.69) is 9.97 Å². The lowest BCUT2D eigenvalue weighted by Crippen LogP contribution is -2.31. The van der Waals surface area contributed by atoms with Gasteiger partial charge in [0.05, 0.1) is 29.2 Å². The van der Waals surface area contributed by atoms with Crippen LogP contribution < -0.4 is 4.90 Å². The average molecular weight is 286 g/mol. The fraction of sp³-hybridized carbons (Fsp3) is 0.286. The topological polar surface area (TPSA) is 92.1 Å². The van der Waals surface area contributed by atoms with Crippen molar-refractivity contribution in [1.29, 1.82) is 0 Å². The van der Waals surface area contributed by atoms with Gasteiger partial charge in [-0.25, -0.2) is 4.98 Å². The summed E-state index contributed by atoms with van der Waals surface area (Å²) in [6.45, 7) is 2.62. The van der Waals surface area contributed by atoms with Crippen LogP contribution in [-0.2, 0) is 13.0 Å². The molecule has 21 heavy (non-hydrogen) atoms. The number of nitro benzene ring substituents is 1. The van der Waals surface area contributed by atoms with Crippen LogP contribution in [0.1, 0.15) is 28.7 Å². The van der Waals surface area contributed by atoms with Gasteiger partial charge in [-0.05, 0) is 19.1 Å². The van der Waals surface area contributed by atoms with Gasteiger partial charge in [-0.1, -0.05) is 0 Å². The molecule has 0 fully saturated rings. The number of ketones is 1. The van der Waals surface area contributed by atoms with E-state index in [4.69, 9.17) is 0 Å². The highest BCUT2D eigenvalue weighted by atomic mass is 16.6. The van der Waals surface area contributed by atoms with Crippen molar-refractivity contribution >= 4 is 17.2 Å². The van der Waals surface area contributed by atoms with Crippen LogP contribution >= 0.6 is 0 Å². The summed E-state index contributed by atoms with van der Waals surface area (Å²) in [5, 5.41) is 11.3. The summed E-state index contributed by atoms with van der Waals surface area (Å²) in [5.74, 6) is -0.181. The lowest BCUT2D eigenvalue weighted by Gasteiger charge is -2.28. The number of Topliss-reactive ketones (excluding diaryl/α,β-unsaturated/α-hetero) is 1. The number of rotatable bonds is 3. The van der Waals surface area contributed by atoms with Gasteiger partial charge in [0.2, 0.25) is 0 Å². The normalized spacial score (nSPS) is 13.9. The Morgan fingerprint density at radius 1 is 1.48 bits per heavy atom. The van der Waals surface area contributed by atoms with E-state index in [1.165, 1.54) is 13.0 Å². The molecule has 1 aliphatic rings. The zero-order valence-corrected chi connectivity index (χ0v) is 11.5. The van der Waals surface area contributed by atoms with Gasteiger partial charge >= 0.3 is 0 Å². The summed E-state index contributed by atoms with van der Waals surface area (Å²) in [4.78, 5) is 31.4. The molecule has 0 radical (unpaired) electrons. The van der Waals surface area contributed by atoms with Crippen LogP contribution in [0, 0.1) is 10.1 Å². The van der Waals surface area contributed by atoms with Gasteiger partial charge in [-0.15, -0.1) is 0 Å². The predicted molar refractivity (Wildman–Crippen MR) is 76.4 cm³/mol. The van der Waals surface area contributed by atoms with Crippen LogP contribution in [0.5, 0.6) is 0 Å². The molecule has 0 spiro atoms. The van der Waals surface area contributed by atoms with Gasteiger partial charge in [-0.2, -0.15) is 0 Å². The summed E-state index contributed by atoms with van der Waals surface area (Å²) in [5.41, 5.74) is 2.83. The quantitative estimate of drug-likeness (QED) is 0.530. The number of aromatic amines is 1. The van der Waals surface area contributed by atoms with Crippen molar-refractivity contribution in [2.75, 3.05) is 11.4 Å². The summed E-state index contributed by atoms with van der Waals surface area (Å²) < 4.78 is 0. The average Bonchev–Trinajstić information content (AvgIpc) is 2.93. The predicted octanol–water partition coefficient (Wildman–Crippen LogP) is 2.08. The largest absolute Gasteiger partial charge is 0.360 e. The lowest BCUT2D eigenvalue weighted by atomic mass is 10.1. The number of fused-ring (bicyclic) bond motifs is 1. The zero-order chi connectivity index (χ0) is 15.0. The summed E-state index contributed by atoms with van der Waals surface area (Å²) in [6, 6.07) is 4.63. The molecule has 0 saturated heterocycles. The van der Waals surface area contributed by atoms with Crippen molar-refractivity contribution in [2.45, 2.75) is 19.9 Å². The first-order chi connectivity index (χ1) is 10.1. The van der Waals surface area contributed by atoms with Crippen molar-refractivity contribution in [3.63, 3.8) is 0 Å². The van der Waals surface area contributed by atoms with Gasteiger partial charge < -0.3 is 9.88 Å². The standard InChI is InChI=1S/C14H14N4O3/c1-9(19)10-2-3-13(14(6-10)18(20)21)17-5-4-11-12(7-17)16-8-15-11/h2-3,6,8H,4-5,7H2,1H3,(H,15,16). The summed E-state index contributed by atoms with van der Waals surface area (Å²) in [6.07, 6.45) is 2.38. The summed E-state index contributed by atoms with van der Waals surface area (Å²) >= 11 is 0. The third-order valence-corrected chi connectivity index (χ3v) is 3.69. The Labute approximate surface area is 120 Å². The Morgan fingerprint density at radius 3 is 3.00 bits per heavy atom.